The van der Waals surface area contributed by atoms with E-state index in [4.69, 9.17) is 0 Å². The van der Waals surface area contributed by atoms with E-state index in [1.54, 1.807) is 0 Å². The Kier molecular flexibility index (Phi) is 5.00. The predicted octanol–water partition coefficient (Wildman–Crippen LogP) is 0.681. The normalized spacial score (nSPS) is 8.12. The Bertz CT molecular complexity index is 94.0. The summed E-state index contributed by atoms with van der Waals surface area (Å²) in [6.45, 7) is 1.96. The third-order valence-electron chi connectivity index (χ3n) is 0.429. The molecule has 0 aliphatic carbocycles. The van der Waals surface area contributed by atoms with E-state index in [0.717, 1.165) is 5.75 Å². The molecule has 0 aliphatic heterocycles. The van der Waals surface area contributed by atoms with Gasteiger partial charge in [-0.1, -0.05) is 30.9 Å². The van der Waals surface area contributed by atoms with Crippen LogP contribution >= 0.6 is 24.0 Å². The Morgan fingerprint density at radius 2 is 2.62 bits per heavy atom. The standard InChI is InChI=1S/C4H6NOS2/c1-2-8-4(7)5-3-6/h2H2,1H3,(H,5,6,7). The average Bonchev–Trinajstić information content (AvgIpc) is 1.68. The molecule has 0 aromatic rings. The highest BCUT2D eigenvalue weighted by Crippen LogP contribution is 1.97. The molecule has 0 aromatic carbocycles. The fourth-order valence-corrected chi connectivity index (χ4v) is 0.980. The minimum absolute atomic E-state index is 0.488. The van der Waals surface area contributed by atoms with E-state index < -0.39 is 0 Å². The molecule has 2 nitrogen and oxygen atoms in total. The Morgan fingerprint density at radius 1 is 2.00 bits per heavy atom. The summed E-state index contributed by atoms with van der Waals surface area (Å²) in [5.41, 5.74) is 0. The predicted molar refractivity (Wildman–Crippen MR) is 39.6 cm³/mol. The summed E-state index contributed by atoms with van der Waals surface area (Å²) >= 11 is 6.06. The lowest BCUT2D eigenvalue weighted by atomic mass is 11.0. The van der Waals surface area contributed by atoms with Gasteiger partial charge in [-0.2, -0.15) is 0 Å². The molecular weight excluding hydrogens is 142 g/mol. The molecule has 0 fully saturated rings. The first-order valence-corrected chi connectivity index (χ1v) is 3.50. The highest BCUT2D eigenvalue weighted by Gasteiger charge is 1.89. The van der Waals surface area contributed by atoms with Crippen LogP contribution in [-0.2, 0) is 4.79 Å². The number of hydrogen-bond acceptors (Lipinski definition) is 3. The number of amides is 1. The number of thiocarbonyl (C=S) groups is 1. The highest BCUT2D eigenvalue weighted by molar-refractivity contribution is 8.23. The highest BCUT2D eigenvalue weighted by atomic mass is 32.2. The summed E-state index contributed by atoms with van der Waals surface area (Å²) in [6, 6.07) is 0. The van der Waals surface area contributed by atoms with Crippen molar-refractivity contribution < 1.29 is 4.79 Å². The van der Waals surface area contributed by atoms with Crippen LogP contribution in [0.15, 0.2) is 0 Å². The van der Waals surface area contributed by atoms with Gasteiger partial charge in [-0.3, -0.25) is 4.79 Å². The van der Waals surface area contributed by atoms with Crippen molar-refractivity contribution in [3.05, 3.63) is 0 Å². The van der Waals surface area contributed by atoms with E-state index in [0.29, 0.717) is 4.32 Å². The summed E-state index contributed by atoms with van der Waals surface area (Å²) in [4.78, 5) is 9.55. The van der Waals surface area contributed by atoms with Gasteiger partial charge < -0.3 is 5.32 Å². The van der Waals surface area contributed by atoms with Gasteiger partial charge in [0.25, 0.3) is 0 Å². The van der Waals surface area contributed by atoms with Crippen LogP contribution in [0.5, 0.6) is 0 Å². The molecule has 0 bridgehead atoms. The minimum Gasteiger partial charge on any atom is -0.303 e. The van der Waals surface area contributed by atoms with Gasteiger partial charge in [0.1, 0.15) is 4.32 Å². The zero-order valence-corrected chi connectivity index (χ0v) is 6.06. The van der Waals surface area contributed by atoms with Gasteiger partial charge in [0.15, 0.2) is 0 Å². The first-order chi connectivity index (χ1) is 3.81. The van der Waals surface area contributed by atoms with Crippen LogP contribution in [0.25, 0.3) is 0 Å². The molecule has 45 valence electrons. The largest absolute Gasteiger partial charge is 0.315 e. The molecule has 1 N–H and O–H groups in total. The van der Waals surface area contributed by atoms with Crippen molar-refractivity contribution in [3.63, 3.8) is 0 Å². The van der Waals surface area contributed by atoms with Gasteiger partial charge in [-0.25, -0.2) is 0 Å². The Morgan fingerprint density at radius 3 is 3.00 bits per heavy atom. The van der Waals surface area contributed by atoms with E-state index in [1.165, 1.54) is 18.2 Å². The van der Waals surface area contributed by atoms with E-state index in [1.807, 2.05) is 6.92 Å². The lowest BCUT2D eigenvalue weighted by Crippen LogP contribution is -2.15. The zero-order chi connectivity index (χ0) is 6.41. The van der Waals surface area contributed by atoms with Gasteiger partial charge >= 0.3 is 6.41 Å². The number of hydrogen-bond donors (Lipinski definition) is 1. The molecule has 1 radical (unpaired) electrons. The van der Waals surface area contributed by atoms with Gasteiger partial charge in [-0.15, -0.1) is 0 Å². The quantitative estimate of drug-likeness (QED) is 0.461. The van der Waals surface area contributed by atoms with Gasteiger partial charge in [0.05, 0.1) is 0 Å². The van der Waals surface area contributed by atoms with Crippen molar-refractivity contribution >= 4 is 34.7 Å². The van der Waals surface area contributed by atoms with Crippen molar-refractivity contribution in [1.82, 2.24) is 5.32 Å². The van der Waals surface area contributed by atoms with Crippen molar-refractivity contribution in [1.29, 1.82) is 0 Å². The first-order valence-electron chi connectivity index (χ1n) is 2.11. The summed E-state index contributed by atoms with van der Waals surface area (Å²) in [7, 11) is 0. The third kappa shape index (κ3) is 4.08. The van der Waals surface area contributed by atoms with Crippen LogP contribution in [0.1, 0.15) is 6.92 Å². The molecule has 0 saturated heterocycles. The second-order valence-electron chi connectivity index (χ2n) is 0.948. The van der Waals surface area contributed by atoms with Gasteiger partial charge in [0, 0.05) is 0 Å². The van der Waals surface area contributed by atoms with Crippen LogP contribution in [-0.4, -0.2) is 16.5 Å². The summed E-state index contributed by atoms with van der Waals surface area (Å²) in [6.07, 6.45) is 1.49. The lowest BCUT2D eigenvalue weighted by Gasteiger charge is -1.93. The maximum Gasteiger partial charge on any atom is 0.315 e. The third-order valence-corrected chi connectivity index (χ3v) is 1.54. The number of nitrogens with one attached hydrogen (secondary N) is 1. The lowest BCUT2D eigenvalue weighted by molar-refractivity contribution is 0.553. The molecule has 4 heteroatoms. The topological polar surface area (TPSA) is 29.1 Å². The molecule has 0 saturated carbocycles. The van der Waals surface area contributed by atoms with Crippen LogP contribution in [0.3, 0.4) is 0 Å². The van der Waals surface area contributed by atoms with Crippen molar-refractivity contribution in [2.24, 2.45) is 0 Å². The number of carbonyl (C=O) groups excluding carboxylic acids is 1. The molecule has 1 amide bonds. The molecule has 0 aliphatic rings. The molecule has 0 aromatic heterocycles. The van der Waals surface area contributed by atoms with Crippen molar-refractivity contribution in [3.8, 4) is 0 Å². The van der Waals surface area contributed by atoms with E-state index in [-0.39, 0.29) is 0 Å². The maximum atomic E-state index is 9.55. The van der Waals surface area contributed by atoms with Crippen LogP contribution in [0, 0.1) is 0 Å². The smallest absolute Gasteiger partial charge is 0.303 e. The number of thioether (sulfide) groups is 1. The van der Waals surface area contributed by atoms with E-state index >= 15 is 0 Å². The minimum atomic E-state index is 0.488. The van der Waals surface area contributed by atoms with E-state index in [2.05, 4.69) is 17.5 Å². The first kappa shape index (κ1) is 7.91. The summed E-state index contributed by atoms with van der Waals surface area (Å²) < 4.78 is 0.488. The second kappa shape index (κ2) is 5.05. The zero-order valence-electron chi connectivity index (χ0n) is 4.43. The van der Waals surface area contributed by atoms with Crippen LogP contribution in [0.2, 0.25) is 0 Å². The maximum absolute atomic E-state index is 9.55. The van der Waals surface area contributed by atoms with Gasteiger partial charge in [0.2, 0.25) is 0 Å². The fraction of sp³-hybridized carbons (Fsp3) is 0.500. The molecule has 0 rings (SSSR count). The molecular formula is C4H6NOS2. The fourth-order valence-electron chi connectivity index (χ4n) is 0.209. The van der Waals surface area contributed by atoms with Crippen LogP contribution in [0.4, 0.5) is 0 Å². The van der Waals surface area contributed by atoms with Gasteiger partial charge in [-0.05, 0) is 5.75 Å². The van der Waals surface area contributed by atoms with E-state index in [9.17, 15) is 4.79 Å². The molecule has 8 heavy (non-hydrogen) atoms. The SMILES string of the molecule is CCSC(=S)N[C]=O. The average molecular weight is 148 g/mol. The van der Waals surface area contributed by atoms with Crippen molar-refractivity contribution in [2.75, 3.05) is 5.75 Å². The Hall–Kier alpha value is -0.0900. The molecule has 0 atom stereocenters. The van der Waals surface area contributed by atoms with Crippen LogP contribution < -0.4 is 5.32 Å². The second-order valence-corrected chi connectivity index (χ2v) is 2.89. The van der Waals surface area contributed by atoms with Crippen molar-refractivity contribution in [2.45, 2.75) is 6.92 Å². The summed E-state index contributed by atoms with van der Waals surface area (Å²) in [5, 5.41) is 2.24. The summed E-state index contributed by atoms with van der Waals surface area (Å²) in [5.74, 6) is 0.882. The Labute approximate surface area is 58.0 Å². The molecule has 0 heterocycles. The molecule has 0 spiro atoms. The molecule has 0 unspecified atom stereocenters. The number of rotatable bonds is 2. The Balaban J connectivity index is 3.18. The monoisotopic (exact) mass is 148 g/mol.